The number of hydrogen-bond acceptors (Lipinski definition) is 3. The molecule has 1 fully saturated rings. The Morgan fingerprint density at radius 2 is 2.29 bits per heavy atom. The van der Waals surface area contributed by atoms with Gasteiger partial charge >= 0.3 is 6.09 Å². The first-order valence-corrected chi connectivity index (χ1v) is 4.80. The molecule has 1 aliphatic heterocycles. The highest BCUT2D eigenvalue weighted by Gasteiger charge is 2.52. The molecule has 0 aromatic heterocycles. The molecule has 0 aromatic rings. The highest BCUT2D eigenvalue weighted by molar-refractivity contribution is 5.72. The van der Waals surface area contributed by atoms with Gasteiger partial charge in [0, 0.05) is 6.20 Å². The first-order valence-electron chi connectivity index (χ1n) is 4.80. The largest absolute Gasteiger partial charge is 0.443 e. The molecule has 78 valence electrons. The second-order valence-corrected chi connectivity index (χ2v) is 5.10. The lowest BCUT2D eigenvalue weighted by molar-refractivity contribution is 0.0335. The summed E-state index contributed by atoms with van der Waals surface area (Å²) in [4.78, 5) is 13.1. The SMILES string of the molecule is CC(C)(C)OC(=O)N1C=C2CC2(N)C1. The van der Waals surface area contributed by atoms with Crippen LogP contribution >= 0.6 is 0 Å². The summed E-state index contributed by atoms with van der Waals surface area (Å²) in [6.45, 7) is 6.13. The van der Waals surface area contributed by atoms with E-state index >= 15 is 0 Å². The van der Waals surface area contributed by atoms with E-state index in [9.17, 15) is 4.79 Å². The Labute approximate surface area is 83.7 Å². The van der Waals surface area contributed by atoms with Gasteiger partial charge in [-0.1, -0.05) is 0 Å². The van der Waals surface area contributed by atoms with E-state index in [1.165, 1.54) is 0 Å². The molecule has 0 spiro atoms. The molecule has 0 aromatic carbocycles. The minimum absolute atomic E-state index is 0.225. The molecule has 0 bridgehead atoms. The Balaban J connectivity index is 1.96. The molecule has 1 unspecified atom stereocenters. The van der Waals surface area contributed by atoms with Gasteiger partial charge in [0.05, 0.1) is 12.1 Å². The monoisotopic (exact) mass is 196 g/mol. The number of hydrogen-bond donors (Lipinski definition) is 1. The minimum Gasteiger partial charge on any atom is -0.443 e. The van der Waals surface area contributed by atoms with E-state index in [-0.39, 0.29) is 11.6 Å². The molecule has 4 nitrogen and oxygen atoms in total. The molecular formula is C10H16N2O2. The molecule has 1 heterocycles. The third-order valence-electron chi connectivity index (χ3n) is 2.41. The van der Waals surface area contributed by atoms with Crippen molar-refractivity contribution in [2.24, 2.45) is 5.73 Å². The van der Waals surface area contributed by atoms with Crippen LogP contribution in [-0.4, -0.2) is 28.7 Å². The number of nitrogens with two attached hydrogens (primary N) is 1. The Kier molecular flexibility index (Phi) is 1.71. The van der Waals surface area contributed by atoms with E-state index in [0.717, 1.165) is 12.0 Å². The molecular weight excluding hydrogens is 180 g/mol. The molecule has 2 N–H and O–H groups in total. The Bertz CT molecular complexity index is 317. The summed E-state index contributed by atoms with van der Waals surface area (Å²) in [5, 5.41) is 0. The van der Waals surface area contributed by atoms with Gasteiger partial charge in [-0.3, -0.25) is 4.90 Å². The molecule has 1 saturated carbocycles. The number of nitrogens with zero attached hydrogens (tertiary/aromatic N) is 1. The normalized spacial score (nSPS) is 29.7. The third-order valence-corrected chi connectivity index (χ3v) is 2.41. The van der Waals surface area contributed by atoms with Gasteiger partial charge in [-0.25, -0.2) is 4.79 Å². The topological polar surface area (TPSA) is 55.6 Å². The van der Waals surface area contributed by atoms with Gasteiger partial charge in [-0.15, -0.1) is 0 Å². The maximum absolute atomic E-state index is 11.6. The van der Waals surface area contributed by atoms with Crippen molar-refractivity contribution in [3.05, 3.63) is 11.8 Å². The predicted octanol–water partition coefficient (Wildman–Crippen LogP) is 1.22. The fourth-order valence-corrected chi connectivity index (χ4v) is 1.60. The highest BCUT2D eigenvalue weighted by atomic mass is 16.6. The summed E-state index contributed by atoms with van der Waals surface area (Å²) in [6.07, 6.45) is 2.43. The van der Waals surface area contributed by atoms with Crippen LogP contribution in [0.2, 0.25) is 0 Å². The Morgan fingerprint density at radius 1 is 1.64 bits per heavy atom. The van der Waals surface area contributed by atoms with Crippen molar-refractivity contribution in [2.45, 2.75) is 38.3 Å². The van der Waals surface area contributed by atoms with Crippen molar-refractivity contribution in [3.8, 4) is 0 Å². The van der Waals surface area contributed by atoms with E-state index in [0.29, 0.717) is 6.54 Å². The lowest BCUT2D eigenvalue weighted by atomic mass is 10.2. The van der Waals surface area contributed by atoms with Crippen molar-refractivity contribution < 1.29 is 9.53 Å². The second kappa shape index (κ2) is 2.51. The van der Waals surface area contributed by atoms with Crippen LogP contribution in [0.15, 0.2) is 11.8 Å². The molecule has 4 heteroatoms. The molecule has 1 amide bonds. The van der Waals surface area contributed by atoms with E-state index in [4.69, 9.17) is 10.5 Å². The van der Waals surface area contributed by atoms with Gasteiger partial charge in [-0.05, 0) is 32.8 Å². The van der Waals surface area contributed by atoms with Gasteiger partial charge < -0.3 is 10.5 Å². The van der Waals surface area contributed by atoms with Gasteiger partial charge in [0.1, 0.15) is 5.60 Å². The van der Waals surface area contributed by atoms with Crippen molar-refractivity contribution >= 4 is 6.09 Å². The van der Waals surface area contributed by atoms with E-state index in [1.807, 2.05) is 27.0 Å². The second-order valence-electron chi connectivity index (χ2n) is 5.10. The predicted molar refractivity (Wildman–Crippen MR) is 52.6 cm³/mol. The first-order chi connectivity index (χ1) is 6.30. The molecule has 0 saturated heterocycles. The minimum atomic E-state index is -0.440. The summed E-state index contributed by atoms with van der Waals surface area (Å²) in [5.74, 6) is 0. The number of ether oxygens (including phenoxy) is 1. The van der Waals surface area contributed by atoms with E-state index in [1.54, 1.807) is 4.90 Å². The van der Waals surface area contributed by atoms with Crippen LogP contribution in [0, 0.1) is 0 Å². The third kappa shape index (κ3) is 1.62. The number of amides is 1. The molecule has 0 radical (unpaired) electrons. The van der Waals surface area contributed by atoms with Crippen LogP contribution in [0.25, 0.3) is 0 Å². The van der Waals surface area contributed by atoms with Crippen LogP contribution in [0.1, 0.15) is 27.2 Å². The van der Waals surface area contributed by atoms with Crippen molar-refractivity contribution in [3.63, 3.8) is 0 Å². The summed E-state index contributed by atoms with van der Waals surface area (Å²) in [7, 11) is 0. The van der Waals surface area contributed by atoms with Crippen LogP contribution in [0.5, 0.6) is 0 Å². The average molecular weight is 196 g/mol. The van der Waals surface area contributed by atoms with Gasteiger partial charge in [-0.2, -0.15) is 0 Å². The average Bonchev–Trinajstić information content (AvgIpc) is 2.47. The van der Waals surface area contributed by atoms with Crippen molar-refractivity contribution in [1.82, 2.24) is 4.90 Å². The Hall–Kier alpha value is -1.03. The molecule has 2 rings (SSSR count). The van der Waals surface area contributed by atoms with Gasteiger partial charge in [0.15, 0.2) is 0 Å². The van der Waals surface area contributed by atoms with Crippen molar-refractivity contribution in [1.29, 1.82) is 0 Å². The summed E-state index contributed by atoms with van der Waals surface area (Å²) < 4.78 is 5.22. The number of carbonyl (C=O) groups excluding carboxylic acids is 1. The lowest BCUT2D eigenvalue weighted by Gasteiger charge is -2.24. The van der Waals surface area contributed by atoms with Gasteiger partial charge in [0.25, 0.3) is 0 Å². The standard InChI is InChI=1S/C10H16N2O2/c1-9(2,3)14-8(13)12-5-7-4-10(7,11)6-12/h5H,4,6,11H2,1-3H3. The maximum atomic E-state index is 11.6. The zero-order valence-corrected chi connectivity index (χ0v) is 8.83. The summed E-state index contributed by atoms with van der Waals surface area (Å²) in [5.41, 5.74) is 6.42. The molecule has 2 aliphatic rings. The summed E-state index contributed by atoms with van der Waals surface area (Å²) in [6, 6.07) is 0. The van der Waals surface area contributed by atoms with E-state index in [2.05, 4.69) is 0 Å². The summed E-state index contributed by atoms with van der Waals surface area (Å²) >= 11 is 0. The zero-order valence-electron chi connectivity index (χ0n) is 8.83. The van der Waals surface area contributed by atoms with Gasteiger partial charge in [0.2, 0.25) is 0 Å². The number of fused-ring (bicyclic) bond motifs is 1. The molecule has 14 heavy (non-hydrogen) atoms. The fraction of sp³-hybridized carbons (Fsp3) is 0.700. The Morgan fingerprint density at radius 3 is 2.71 bits per heavy atom. The number of carbonyl (C=O) groups is 1. The van der Waals surface area contributed by atoms with E-state index < -0.39 is 5.60 Å². The van der Waals surface area contributed by atoms with Crippen molar-refractivity contribution in [2.75, 3.05) is 6.54 Å². The van der Waals surface area contributed by atoms with Crippen LogP contribution in [0.3, 0.4) is 0 Å². The van der Waals surface area contributed by atoms with Crippen LogP contribution in [0.4, 0.5) is 4.79 Å². The fourth-order valence-electron chi connectivity index (χ4n) is 1.60. The highest BCUT2D eigenvalue weighted by Crippen LogP contribution is 2.45. The van der Waals surface area contributed by atoms with Crippen LogP contribution in [-0.2, 0) is 4.74 Å². The lowest BCUT2D eigenvalue weighted by Crippen LogP contribution is -2.39. The first kappa shape index (κ1) is 9.52. The quantitative estimate of drug-likeness (QED) is 0.633. The molecule has 1 atom stereocenters. The zero-order chi connectivity index (χ0) is 10.6. The smallest absolute Gasteiger partial charge is 0.414 e. The molecule has 1 aliphatic carbocycles. The number of rotatable bonds is 0. The maximum Gasteiger partial charge on any atom is 0.414 e. The van der Waals surface area contributed by atoms with Crippen LogP contribution < -0.4 is 5.73 Å².